The van der Waals surface area contributed by atoms with Crippen molar-refractivity contribution in [2.75, 3.05) is 19.0 Å². The number of anilines is 1. The van der Waals surface area contributed by atoms with Gasteiger partial charge in [-0.25, -0.2) is 4.79 Å². The predicted octanol–water partition coefficient (Wildman–Crippen LogP) is 3.88. The molecule has 0 aliphatic carbocycles. The van der Waals surface area contributed by atoms with Gasteiger partial charge in [0.15, 0.2) is 17.6 Å². The highest BCUT2D eigenvalue weighted by molar-refractivity contribution is 5.98. The number of rotatable bonds is 9. The van der Waals surface area contributed by atoms with Crippen LogP contribution in [-0.2, 0) is 9.53 Å². The van der Waals surface area contributed by atoms with E-state index in [-0.39, 0.29) is 23.7 Å². The van der Waals surface area contributed by atoms with Crippen molar-refractivity contribution in [3.63, 3.8) is 0 Å². The van der Waals surface area contributed by atoms with Gasteiger partial charge in [0.25, 0.3) is 5.91 Å². The Morgan fingerprint density at radius 1 is 1.07 bits per heavy atom. The summed E-state index contributed by atoms with van der Waals surface area (Å²) in [5.41, 5.74) is 0.446. The lowest BCUT2D eigenvalue weighted by Gasteiger charge is -2.16. The zero-order valence-corrected chi connectivity index (χ0v) is 16.1. The fraction of sp³-hybridized carbons (Fsp3) is 0.300. The molecule has 1 atom stereocenters. The van der Waals surface area contributed by atoms with Crippen molar-refractivity contribution in [3.05, 3.63) is 48.0 Å². The number of para-hydroxylation sites is 2. The van der Waals surface area contributed by atoms with Crippen LogP contribution >= 0.6 is 0 Å². The highest BCUT2D eigenvalue weighted by atomic mass is 19.3. The van der Waals surface area contributed by atoms with E-state index in [9.17, 15) is 18.4 Å². The Labute approximate surface area is 166 Å². The summed E-state index contributed by atoms with van der Waals surface area (Å²) in [5.74, 6) is -1.17. The minimum absolute atomic E-state index is 0.0204. The fourth-order valence-corrected chi connectivity index (χ4v) is 2.36. The van der Waals surface area contributed by atoms with E-state index in [0.717, 1.165) is 0 Å². The van der Waals surface area contributed by atoms with Crippen LogP contribution in [-0.4, -0.2) is 38.3 Å². The van der Waals surface area contributed by atoms with Gasteiger partial charge in [0.1, 0.15) is 5.75 Å². The van der Waals surface area contributed by atoms with Crippen LogP contribution in [0.2, 0.25) is 0 Å². The van der Waals surface area contributed by atoms with Crippen LogP contribution in [0.15, 0.2) is 42.5 Å². The fourth-order valence-electron chi connectivity index (χ4n) is 2.36. The van der Waals surface area contributed by atoms with Crippen molar-refractivity contribution in [2.24, 2.45) is 0 Å². The molecule has 0 aromatic heterocycles. The number of amides is 1. The second-order valence-electron chi connectivity index (χ2n) is 5.71. The highest BCUT2D eigenvalue weighted by Gasteiger charge is 2.21. The van der Waals surface area contributed by atoms with Gasteiger partial charge in [0, 0.05) is 0 Å². The summed E-state index contributed by atoms with van der Waals surface area (Å²) >= 11 is 0. The van der Waals surface area contributed by atoms with E-state index in [0.29, 0.717) is 11.4 Å². The normalized spacial score (nSPS) is 11.5. The van der Waals surface area contributed by atoms with Crippen LogP contribution in [0.5, 0.6) is 17.2 Å². The summed E-state index contributed by atoms with van der Waals surface area (Å²) < 4.78 is 44.8. The molecule has 0 unspecified atom stereocenters. The van der Waals surface area contributed by atoms with Gasteiger partial charge in [-0.15, -0.1) is 0 Å². The molecule has 2 rings (SSSR count). The third-order valence-corrected chi connectivity index (χ3v) is 3.71. The predicted molar refractivity (Wildman–Crippen MR) is 101 cm³/mol. The molecule has 0 radical (unpaired) electrons. The molecule has 0 saturated carbocycles. The number of carbonyl (C=O) groups excluding carboxylic acids is 2. The SMILES string of the molecule is CCOc1cc(C(=O)O[C@@H](C)C(=O)Nc2ccccc2OC)ccc1OC(F)F. The number of benzene rings is 2. The number of esters is 1. The van der Waals surface area contributed by atoms with Crippen molar-refractivity contribution in [1.29, 1.82) is 0 Å². The molecular weight excluding hydrogens is 388 g/mol. The molecule has 9 heteroatoms. The monoisotopic (exact) mass is 409 g/mol. The standard InChI is InChI=1S/C20H21F2NO6/c1-4-27-17-11-13(9-10-16(17)29-20(21)22)19(25)28-12(2)18(24)23-14-7-5-6-8-15(14)26-3/h5-12,20H,4H2,1-3H3,(H,23,24)/t12-/m0/s1. The zero-order valence-electron chi connectivity index (χ0n) is 16.1. The van der Waals surface area contributed by atoms with E-state index in [1.807, 2.05) is 0 Å². The van der Waals surface area contributed by atoms with E-state index >= 15 is 0 Å². The summed E-state index contributed by atoms with van der Waals surface area (Å²) in [7, 11) is 1.46. The Morgan fingerprint density at radius 3 is 2.45 bits per heavy atom. The molecule has 0 spiro atoms. The lowest BCUT2D eigenvalue weighted by molar-refractivity contribution is -0.123. The Morgan fingerprint density at radius 2 is 1.79 bits per heavy atom. The highest BCUT2D eigenvalue weighted by Crippen LogP contribution is 2.30. The molecule has 1 N–H and O–H groups in total. The van der Waals surface area contributed by atoms with Crippen LogP contribution in [0.4, 0.5) is 14.5 Å². The quantitative estimate of drug-likeness (QED) is 0.633. The topological polar surface area (TPSA) is 83.1 Å². The van der Waals surface area contributed by atoms with E-state index < -0.39 is 24.6 Å². The first-order chi connectivity index (χ1) is 13.8. The average Bonchev–Trinajstić information content (AvgIpc) is 2.69. The molecule has 0 bridgehead atoms. The Kier molecular flexibility index (Phi) is 7.76. The lowest BCUT2D eigenvalue weighted by Crippen LogP contribution is -2.30. The third kappa shape index (κ3) is 6.06. The van der Waals surface area contributed by atoms with Gasteiger partial charge in [0.05, 0.1) is 25.0 Å². The molecule has 0 heterocycles. The van der Waals surface area contributed by atoms with Gasteiger partial charge in [-0.2, -0.15) is 8.78 Å². The second kappa shape index (κ2) is 10.3. The van der Waals surface area contributed by atoms with Gasteiger partial charge in [0.2, 0.25) is 0 Å². The average molecular weight is 409 g/mol. The lowest BCUT2D eigenvalue weighted by atomic mass is 10.2. The maximum absolute atomic E-state index is 12.5. The molecule has 2 aromatic carbocycles. The van der Waals surface area contributed by atoms with Crippen molar-refractivity contribution in [1.82, 2.24) is 0 Å². The first-order valence-corrected chi connectivity index (χ1v) is 8.72. The van der Waals surface area contributed by atoms with Crippen LogP contribution in [0.3, 0.4) is 0 Å². The minimum Gasteiger partial charge on any atom is -0.495 e. The summed E-state index contributed by atoms with van der Waals surface area (Å²) in [5, 5.41) is 2.61. The number of halogens is 2. The Balaban J connectivity index is 2.08. The summed E-state index contributed by atoms with van der Waals surface area (Å²) in [6.07, 6.45) is -1.13. The molecule has 0 aliphatic heterocycles. The maximum atomic E-state index is 12.5. The minimum atomic E-state index is -3.04. The van der Waals surface area contributed by atoms with E-state index in [1.54, 1.807) is 31.2 Å². The molecule has 7 nitrogen and oxygen atoms in total. The largest absolute Gasteiger partial charge is 0.495 e. The molecule has 1 amide bonds. The molecule has 0 saturated heterocycles. The Bertz CT molecular complexity index is 859. The molecule has 29 heavy (non-hydrogen) atoms. The second-order valence-corrected chi connectivity index (χ2v) is 5.71. The summed E-state index contributed by atoms with van der Waals surface area (Å²) in [6.45, 7) is 0.197. The van der Waals surface area contributed by atoms with E-state index in [4.69, 9.17) is 14.2 Å². The van der Waals surface area contributed by atoms with Gasteiger partial charge >= 0.3 is 12.6 Å². The van der Waals surface area contributed by atoms with Crippen molar-refractivity contribution in [2.45, 2.75) is 26.6 Å². The molecule has 2 aromatic rings. The summed E-state index contributed by atoms with van der Waals surface area (Å²) in [6, 6.07) is 10.4. The van der Waals surface area contributed by atoms with Gasteiger partial charge in [-0.05, 0) is 44.2 Å². The number of ether oxygens (including phenoxy) is 4. The van der Waals surface area contributed by atoms with Crippen LogP contribution in [0.25, 0.3) is 0 Å². The van der Waals surface area contributed by atoms with E-state index in [1.165, 1.54) is 32.2 Å². The van der Waals surface area contributed by atoms with Gasteiger partial charge < -0.3 is 24.3 Å². The molecule has 156 valence electrons. The van der Waals surface area contributed by atoms with Gasteiger partial charge in [-0.3, -0.25) is 4.79 Å². The zero-order chi connectivity index (χ0) is 21.4. The van der Waals surface area contributed by atoms with Crippen LogP contribution in [0, 0.1) is 0 Å². The number of alkyl halides is 2. The number of hydrogen-bond donors (Lipinski definition) is 1. The number of nitrogens with one attached hydrogen (secondary N) is 1. The van der Waals surface area contributed by atoms with Crippen molar-refractivity contribution < 1.29 is 37.3 Å². The molecule has 0 fully saturated rings. The van der Waals surface area contributed by atoms with Gasteiger partial charge in [-0.1, -0.05) is 12.1 Å². The summed E-state index contributed by atoms with van der Waals surface area (Å²) in [4.78, 5) is 24.7. The first-order valence-electron chi connectivity index (χ1n) is 8.72. The molecular formula is C20H21F2NO6. The number of hydrogen-bond acceptors (Lipinski definition) is 6. The maximum Gasteiger partial charge on any atom is 0.387 e. The molecule has 0 aliphatic rings. The van der Waals surface area contributed by atoms with Crippen molar-refractivity contribution >= 4 is 17.6 Å². The smallest absolute Gasteiger partial charge is 0.387 e. The number of carbonyl (C=O) groups is 2. The van der Waals surface area contributed by atoms with E-state index in [2.05, 4.69) is 10.1 Å². The third-order valence-electron chi connectivity index (χ3n) is 3.71. The Hall–Kier alpha value is -3.36. The first kappa shape index (κ1) is 21.9. The van der Waals surface area contributed by atoms with Crippen molar-refractivity contribution in [3.8, 4) is 17.2 Å². The number of methoxy groups -OCH3 is 1. The van der Waals surface area contributed by atoms with Crippen LogP contribution in [0.1, 0.15) is 24.2 Å². The van der Waals surface area contributed by atoms with Crippen LogP contribution < -0.4 is 19.5 Å².